The first-order chi connectivity index (χ1) is 9.81. The molecule has 1 aliphatic rings. The van der Waals surface area contributed by atoms with Gasteiger partial charge in [-0.25, -0.2) is 4.98 Å². The van der Waals surface area contributed by atoms with Gasteiger partial charge in [0, 0.05) is 24.2 Å². The molecule has 0 spiro atoms. The summed E-state index contributed by atoms with van der Waals surface area (Å²) in [5.74, 6) is 0. The molecule has 2 aromatic carbocycles. The number of aromatic nitrogens is 1. The molecule has 0 unspecified atom stereocenters. The summed E-state index contributed by atoms with van der Waals surface area (Å²) in [5, 5.41) is 1.71. The third-order valence-corrected chi connectivity index (χ3v) is 4.04. The van der Waals surface area contributed by atoms with Gasteiger partial charge in [0.2, 0.25) is 0 Å². The van der Waals surface area contributed by atoms with Crippen LogP contribution in [0.5, 0.6) is 0 Å². The van der Waals surface area contributed by atoms with Crippen LogP contribution in [-0.4, -0.2) is 4.98 Å². The molecule has 0 fully saturated rings. The minimum Gasteiger partial charge on any atom is -0.362 e. The van der Waals surface area contributed by atoms with Crippen LogP contribution in [0.3, 0.4) is 0 Å². The van der Waals surface area contributed by atoms with Crippen LogP contribution in [-0.2, 0) is 13.1 Å². The lowest BCUT2D eigenvalue weighted by Gasteiger charge is -2.20. The van der Waals surface area contributed by atoms with E-state index in [0.29, 0.717) is 5.15 Å². The van der Waals surface area contributed by atoms with Crippen molar-refractivity contribution < 1.29 is 0 Å². The van der Waals surface area contributed by atoms with Gasteiger partial charge in [-0.2, -0.15) is 0 Å². The third-order valence-electron chi connectivity index (χ3n) is 3.84. The van der Waals surface area contributed by atoms with Gasteiger partial charge in [-0.3, -0.25) is 0 Å². The molecule has 0 bridgehead atoms. The van der Waals surface area contributed by atoms with Crippen LogP contribution < -0.4 is 4.90 Å². The summed E-state index contributed by atoms with van der Waals surface area (Å²) < 4.78 is 0. The van der Waals surface area contributed by atoms with Gasteiger partial charge in [-0.15, -0.1) is 0 Å². The topological polar surface area (TPSA) is 16.1 Å². The summed E-state index contributed by atoms with van der Waals surface area (Å²) in [6.07, 6.45) is 0. The van der Waals surface area contributed by atoms with Gasteiger partial charge in [0.15, 0.2) is 0 Å². The quantitative estimate of drug-likeness (QED) is 0.614. The molecule has 0 radical (unpaired) electrons. The van der Waals surface area contributed by atoms with Crippen LogP contribution in [0.1, 0.15) is 11.1 Å². The second-order valence-corrected chi connectivity index (χ2v) is 5.49. The van der Waals surface area contributed by atoms with E-state index < -0.39 is 0 Å². The molecular weight excluding hydrogens is 268 g/mol. The van der Waals surface area contributed by atoms with Crippen molar-refractivity contribution in [2.75, 3.05) is 4.90 Å². The molecule has 3 aromatic rings. The Labute approximate surface area is 122 Å². The van der Waals surface area contributed by atoms with Gasteiger partial charge in [-0.05, 0) is 23.3 Å². The highest BCUT2D eigenvalue weighted by Gasteiger charge is 2.20. The summed E-state index contributed by atoms with van der Waals surface area (Å²) in [5.41, 5.74) is 4.90. The van der Waals surface area contributed by atoms with Crippen molar-refractivity contribution in [1.82, 2.24) is 4.98 Å². The number of pyridine rings is 1. The molecule has 3 heteroatoms. The van der Waals surface area contributed by atoms with Crippen molar-refractivity contribution in [2.45, 2.75) is 13.1 Å². The molecule has 20 heavy (non-hydrogen) atoms. The molecule has 1 aliphatic heterocycles. The van der Waals surface area contributed by atoms with E-state index in [1.165, 1.54) is 11.1 Å². The Morgan fingerprint density at radius 3 is 2.30 bits per heavy atom. The molecule has 0 N–H and O–H groups in total. The van der Waals surface area contributed by atoms with Gasteiger partial charge in [0.1, 0.15) is 5.15 Å². The van der Waals surface area contributed by atoms with Crippen LogP contribution in [0.25, 0.3) is 10.9 Å². The highest BCUT2D eigenvalue weighted by molar-refractivity contribution is 6.30. The zero-order valence-electron chi connectivity index (χ0n) is 10.9. The van der Waals surface area contributed by atoms with Crippen LogP contribution in [0.4, 0.5) is 5.69 Å². The number of fused-ring (bicyclic) bond motifs is 2. The number of nitrogens with zero attached hydrogens (tertiary/aromatic N) is 2. The van der Waals surface area contributed by atoms with Crippen molar-refractivity contribution in [1.29, 1.82) is 0 Å². The number of halogens is 1. The van der Waals surface area contributed by atoms with E-state index in [2.05, 4.69) is 40.2 Å². The fraction of sp³-hybridized carbons (Fsp3) is 0.118. The first-order valence-electron chi connectivity index (χ1n) is 6.68. The van der Waals surface area contributed by atoms with Crippen molar-refractivity contribution in [2.24, 2.45) is 0 Å². The molecule has 0 atom stereocenters. The molecule has 0 saturated carbocycles. The molecule has 0 saturated heterocycles. The maximum absolute atomic E-state index is 6.18. The lowest BCUT2D eigenvalue weighted by atomic mass is 10.1. The second-order valence-electron chi connectivity index (χ2n) is 5.11. The molecule has 0 amide bonds. The first kappa shape index (κ1) is 11.7. The Balaban J connectivity index is 1.84. The maximum Gasteiger partial charge on any atom is 0.131 e. The number of rotatable bonds is 1. The van der Waals surface area contributed by atoms with Crippen molar-refractivity contribution in [3.8, 4) is 0 Å². The van der Waals surface area contributed by atoms with Gasteiger partial charge in [-0.1, -0.05) is 54.1 Å². The van der Waals surface area contributed by atoms with E-state index in [0.717, 1.165) is 29.7 Å². The number of anilines is 1. The van der Waals surface area contributed by atoms with E-state index in [9.17, 15) is 0 Å². The molecular formula is C17H13ClN2. The fourth-order valence-corrected chi connectivity index (χ4v) is 3.09. The van der Waals surface area contributed by atoms with Crippen LogP contribution in [0.2, 0.25) is 5.15 Å². The first-order valence-corrected chi connectivity index (χ1v) is 7.06. The van der Waals surface area contributed by atoms with E-state index in [4.69, 9.17) is 11.6 Å². The second kappa shape index (κ2) is 4.50. The van der Waals surface area contributed by atoms with Crippen molar-refractivity contribution >= 4 is 28.2 Å². The molecule has 1 aromatic heterocycles. The van der Waals surface area contributed by atoms with Crippen molar-refractivity contribution in [3.05, 3.63) is 70.9 Å². The van der Waals surface area contributed by atoms with Crippen LogP contribution in [0.15, 0.2) is 54.6 Å². The average molecular weight is 281 g/mol. The third kappa shape index (κ3) is 1.84. The number of hydrogen-bond acceptors (Lipinski definition) is 2. The summed E-state index contributed by atoms with van der Waals surface area (Å²) in [4.78, 5) is 6.76. The summed E-state index contributed by atoms with van der Waals surface area (Å²) in [6, 6.07) is 18.7. The van der Waals surface area contributed by atoms with Crippen LogP contribution >= 0.6 is 11.6 Å². The summed E-state index contributed by atoms with van der Waals surface area (Å²) >= 11 is 6.18. The maximum atomic E-state index is 6.18. The SMILES string of the molecule is Clc1cc(N2Cc3ccccc3C2)c2ccccc2n1. The Hall–Kier alpha value is -2.06. The van der Waals surface area contributed by atoms with Gasteiger partial charge in [0.05, 0.1) is 5.52 Å². The summed E-state index contributed by atoms with van der Waals surface area (Å²) in [6.45, 7) is 1.86. The lowest BCUT2D eigenvalue weighted by molar-refractivity contribution is 0.884. The average Bonchev–Trinajstić information content (AvgIpc) is 2.90. The predicted molar refractivity (Wildman–Crippen MR) is 83.1 cm³/mol. The molecule has 2 nitrogen and oxygen atoms in total. The van der Waals surface area contributed by atoms with Gasteiger partial charge in [0.25, 0.3) is 0 Å². The Morgan fingerprint density at radius 1 is 0.900 bits per heavy atom. The largest absolute Gasteiger partial charge is 0.362 e. The standard InChI is InChI=1S/C17H13ClN2/c18-17-9-16(14-7-3-4-8-15(14)19-17)20-10-12-5-1-2-6-13(12)11-20/h1-9H,10-11H2. The van der Waals surface area contributed by atoms with Gasteiger partial charge < -0.3 is 4.90 Å². The van der Waals surface area contributed by atoms with E-state index in [1.807, 2.05) is 24.3 Å². The number of hydrogen-bond donors (Lipinski definition) is 0. The highest BCUT2D eigenvalue weighted by atomic mass is 35.5. The zero-order chi connectivity index (χ0) is 13.5. The fourth-order valence-electron chi connectivity index (χ4n) is 2.89. The van der Waals surface area contributed by atoms with E-state index in [-0.39, 0.29) is 0 Å². The van der Waals surface area contributed by atoms with E-state index >= 15 is 0 Å². The number of para-hydroxylation sites is 1. The minimum atomic E-state index is 0.551. The Kier molecular flexibility index (Phi) is 2.64. The number of benzene rings is 2. The Morgan fingerprint density at radius 2 is 1.55 bits per heavy atom. The Bertz CT molecular complexity index is 773. The highest BCUT2D eigenvalue weighted by Crippen LogP contribution is 2.34. The van der Waals surface area contributed by atoms with Gasteiger partial charge >= 0.3 is 0 Å². The molecule has 4 rings (SSSR count). The molecule has 0 aliphatic carbocycles. The lowest BCUT2D eigenvalue weighted by Crippen LogP contribution is -2.15. The van der Waals surface area contributed by atoms with Crippen LogP contribution in [0, 0.1) is 0 Å². The normalized spacial score (nSPS) is 13.8. The predicted octanol–water partition coefficient (Wildman–Crippen LogP) is 4.41. The summed E-state index contributed by atoms with van der Waals surface area (Å²) in [7, 11) is 0. The monoisotopic (exact) mass is 280 g/mol. The van der Waals surface area contributed by atoms with Crippen molar-refractivity contribution in [3.63, 3.8) is 0 Å². The zero-order valence-corrected chi connectivity index (χ0v) is 11.6. The molecule has 2 heterocycles. The smallest absolute Gasteiger partial charge is 0.131 e. The minimum absolute atomic E-state index is 0.551. The van der Waals surface area contributed by atoms with E-state index in [1.54, 1.807) is 0 Å². The molecule has 98 valence electrons.